The number of alkyl halides is 2. The molecule has 0 nitrogen and oxygen atoms in total. The maximum absolute atomic E-state index is 6.02. The zero-order valence-corrected chi connectivity index (χ0v) is 9.41. The van der Waals surface area contributed by atoms with Crippen molar-refractivity contribution < 1.29 is 0 Å². The number of unbranched alkanes of at least 4 members (excludes halogenated alkanes) is 1. The van der Waals surface area contributed by atoms with E-state index in [-0.39, 0.29) is 10.8 Å². The Morgan fingerprint density at radius 2 is 1.67 bits per heavy atom. The van der Waals surface area contributed by atoms with Crippen LogP contribution in [-0.2, 0) is 0 Å². The molecule has 0 amide bonds. The van der Waals surface area contributed by atoms with Gasteiger partial charge < -0.3 is 0 Å². The zero-order valence-electron chi connectivity index (χ0n) is 7.89. The summed E-state index contributed by atoms with van der Waals surface area (Å²) in [5.74, 6) is 0. The summed E-state index contributed by atoms with van der Waals surface area (Å²) in [5.41, 5.74) is 0. The fraction of sp³-hybridized carbons (Fsp3) is 0.800. The molecule has 0 aromatic carbocycles. The van der Waals surface area contributed by atoms with Crippen molar-refractivity contribution in [1.29, 1.82) is 0 Å². The molecule has 0 fully saturated rings. The largest absolute Gasteiger partial charge is 0.118 e. The maximum Gasteiger partial charge on any atom is 0.0516 e. The molecule has 0 aliphatic heterocycles. The van der Waals surface area contributed by atoms with E-state index in [9.17, 15) is 0 Å². The van der Waals surface area contributed by atoms with Crippen LogP contribution in [0.3, 0.4) is 0 Å². The normalized spacial score (nSPS) is 16.7. The third-order valence-electron chi connectivity index (χ3n) is 1.75. The Kier molecular flexibility index (Phi) is 8.15. The van der Waals surface area contributed by atoms with Gasteiger partial charge in [0.05, 0.1) is 10.8 Å². The van der Waals surface area contributed by atoms with Gasteiger partial charge in [-0.3, -0.25) is 0 Å². The van der Waals surface area contributed by atoms with Gasteiger partial charge in [-0.1, -0.05) is 38.8 Å². The second-order valence-electron chi connectivity index (χ2n) is 2.97. The summed E-state index contributed by atoms with van der Waals surface area (Å²) in [7, 11) is 0. The van der Waals surface area contributed by atoms with Crippen molar-refractivity contribution in [3.05, 3.63) is 12.2 Å². The van der Waals surface area contributed by atoms with Gasteiger partial charge in [0.2, 0.25) is 0 Å². The van der Waals surface area contributed by atoms with Crippen LogP contribution in [0.25, 0.3) is 0 Å². The van der Waals surface area contributed by atoms with Gasteiger partial charge in [-0.2, -0.15) is 0 Å². The average Bonchev–Trinajstić information content (AvgIpc) is 2.10. The first-order valence-electron chi connectivity index (χ1n) is 4.67. The Hall–Kier alpha value is 0.320. The smallest absolute Gasteiger partial charge is 0.0516 e. The molecule has 0 heterocycles. The van der Waals surface area contributed by atoms with Crippen molar-refractivity contribution in [3.63, 3.8) is 0 Å². The summed E-state index contributed by atoms with van der Waals surface area (Å²) < 4.78 is 0. The molecule has 0 rings (SSSR count). The van der Waals surface area contributed by atoms with Crippen molar-refractivity contribution in [2.24, 2.45) is 0 Å². The second kappa shape index (κ2) is 7.94. The van der Waals surface area contributed by atoms with Crippen LogP contribution in [0.15, 0.2) is 12.2 Å². The summed E-state index contributed by atoms with van der Waals surface area (Å²) in [5, 5.41) is 0.311. The first-order valence-corrected chi connectivity index (χ1v) is 5.54. The molecule has 0 saturated heterocycles. The summed E-state index contributed by atoms with van der Waals surface area (Å²) >= 11 is 11.9. The molecule has 12 heavy (non-hydrogen) atoms. The minimum absolute atomic E-state index is 0.146. The van der Waals surface area contributed by atoms with Crippen LogP contribution in [-0.4, -0.2) is 10.8 Å². The Morgan fingerprint density at radius 1 is 1.08 bits per heavy atom. The highest BCUT2D eigenvalue weighted by molar-refractivity contribution is 6.23. The van der Waals surface area contributed by atoms with Gasteiger partial charge in [0, 0.05) is 0 Å². The molecule has 2 atom stereocenters. The van der Waals surface area contributed by atoms with Crippen LogP contribution in [0.1, 0.15) is 39.5 Å². The number of hydrogen-bond donors (Lipinski definition) is 0. The highest BCUT2D eigenvalue weighted by Gasteiger charge is 1.99. The molecule has 0 N–H and O–H groups in total. The Balaban J connectivity index is 3.52. The molecule has 0 aromatic rings. The summed E-state index contributed by atoms with van der Waals surface area (Å²) in [6.45, 7) is 4.24. The van der Waals surface area contributed by atoms with E-state index in [1.165, 1.54) is 12.8 Å². The van der Waals surface area contributed by atoms with Crippen LogP contribution in [0.4, 0.5) is 0 Å². The van der Waals surface area contributed by atoms with Crippen LogP contribution in [0.2, 0.25) is 0 Å². The van der Waals surface area contributed by atoms with Crippen LogP contribution >= 0.6 is 23.2 Å². The summed E-state index contributed by atoms with van der Waals surface area (Å²) in [6.07, 6.45) is 8.43. The fourth-order valence-corrected chi connectivity index (χ4v) is 1.19. The van der Waals surface area contributed by atoms with Gasteiger partial charge in [-0.15, -0.1) is 23.2 Å². The Morgan fingerprint density at radius 3 is 2.17 bits per heavy atom. The number of halogens is 2. The van der Waals surface area contributed by atoms with Gasteiger partial charge in [0.1, 0.15) is 0 Å². The molecule has 72 valence electrons. The van der Waals surface area contributed by atoms with E-state index < -0.39 is 0 Å². The van der Waals surface area contributed by atoms with Crippen LogP contribution < -0.4 is 0 Å². The molecule has 0 aliphatic carbocycles. The van der Waals surface area contributed by atoms with E-state index in [0.29, 0.717) is 0 Å². The third kappa shape index (κ3) is 7.00. The lowest BCUT2D eigenvalue weighted by Crippen LogP contribution is -1.96. The number of allylic oxidation sites excluding steroid dienone is 2. The van der Waals surface area contributed by atoms with Gasteiger partial charge in [-0.05, 0) is 12.8 Å². The van der Waals surface area contributed by atoms with Crippen molar-refractivity contribution in [2.45, 2.75) is 50.3 Å². The molecule has 0 bridgehead atoms. The van der Waals surface area contributed by atoms with E-state index in [2.05, 4.69) is 13.8 Å². The maximum atomic E-state index is 6.02. The van der Waals surface area contributed by atoms with E-state index in [1.807, 2.05) is 12.2 Å². The van der Waals surface area contributed by atoms with Gasteiger partial charge in [-0.25, -0.2) is 0 Å². The minimum atomic E-state index is 0.146. The van der Waals surface area contributed by atoms with Gasteiger partial charge in [0.25, 0.3) is 0 Å². The molecule has 0 spiro atoms. The van der Waals surface area contributed by atoms with E-state index >= 15 is 0 Å². The molecule has 0 radical (unpaired) electrons. The van der Waals surface area contributed by atoms with E-state index in [1.54, 1.807) is 0 Å². The quantitative estimate of drug-likeness (QED) is 0.450. The van der Waals surface area contributed by atoms with Crippen molar-refractivity contribution in [3.8, 4) is 0 Å². The minimum Gasteiger partial charge on any atom is -0.118 e. The van der Waals surface area contributed by atoms with Crippen molar-refractivity contribution in [1.82, 2.24) is 0 Å². The predicted octanol–water partition coefficient (Wildman–Crippen LogP) is 4.36. The van der Waals surface area contributed by atoms with Gasteiger partial charge in [0.15, 0.2) is 0 Å². The standard InChI is InChI=1S/C10H18Cl2/c1-3-5-6-10(12)8-7-9(11)4-2/h7-10H,3-6H2,1-2H3. The Labute approximate surface area is 85.9 Å². The lowest BCUT2D eigenvalue weighted by molar-refractivity contribution is 0.732. The molecule has 2 unspecified atom stereocenters. The van der Waals surface area contributed by atoms with Crippen LogP contribution in [0, 0.1) is 0 Å². The number of hydrogen-bond acceptors (Lipinski definition) is 0. The van der Waals surface area contributed by atoms with Crippen molar-refractivity contribution in [2.75, 3.05) is 0 Å². The monoisotopic (exact) mass is 208 g/mol. The van der Waals surface area contributed by atoms with Gasteiger partial charge >= 0.3 is 0 Å². The molecular weight excluding hydrogens is 191 g/mol. The van der Waals surface area contributed by atoms with Crippen LogP contribution in [0.5, 0.6) is 0 Å². The lowest BCUT2D eigenvalue weighted by atomic mass is 10.2. The number of rotatable bonds is 6. The van der Waals surface area contributed by atoms with E-state index in [0.717, 1.165) is 12.8 Å². The Bertz CT molecular complexity index is 121. The first-order chi connectivity index (χ1) is 5.70. The highest BCUT2D eigenvalue weighted by atomic mass is 35.5. The summed E-state index contributed by atoms with van der Waals surface area (Å²) in [4.78, 5) is 0. The SMILES string of the molecule is CCCCC(Cl)C=CC(Cl)CC. The first kappa shape index (κ1) is 12.3. The fourth-order valence-electron chi connectivity index (χ4n) is 0.873. The van der Waals surface area contributed by atoms with Crippen molar-refractivity contribution >= 4 is 23.2 Å². The average molecular weight is 209 g/mol. The van der Waals surface area contributed by atoms with E-state index in [4.69, 9.17) is 23.2 Å². The third-order valence-corrected chi connectivity index (χ3v) is 2.57. The molecule has 0 aliphatic rings. The summed E-state index contributed by atoms with van der Waals surface area (Å²) in [6, 6.07) is 0. The highest BCUT2D eigenvalue weighted by Crippen LogP contribution is 2.11. The zero-order chi connectivity index (χ0) is 9.40. The molecule has 0 aromatic heterocycles. The topological polar surface area (TPSA) is 0 Å². The molecule has 2 heteroatoms. The predicted molar refractivity (Wildman–Crippen MR) is 58.2 cm³/mol. The lowest BCUT2D eigenvalue weighted by Gasteiger charge is -2.03. The molecule has 0 saturated carbocycles. The second-order valence-corrected chi connectivity index (χ2v) is 4.09. The molecular formula is C10H18Cl2.